The third kappa shape index (κ3) is 13.7. The molecule has 37 heavy (non-hydrogen) atoms. The first-order valence-electron chi connectivity index (χ1n) is 12.0. The molecule has 0 saturated heterocycles. The minimum atomic E-state index is -2.35. The second kappa shape index (κ2) is 19.7. The smallest absolute Gasteiger partial charge is 0.313 e. The molecule has 0 radical (unpaired) electrons. The molecule has 1 aromatic rings. The van der Waals surface area contributed by atoms with Crippen LogP contribution in [0.4, 0.5) is 22.0 Å². The summed E-state index contributed by atoms with van der Waals surface area (Å²) in [5.41, 5.74) is 0. The van der Waals surface area contributed by atoms with Crippen LogP contribution in [0.15, 0.2) is 0 Å². The predicted molar refractivity (Wildman–Crippen MR) is 119 cm³/mol. The van der Waals surface area contributed by atoms with Crippen molar-refractivity contribution in [2.75, 3.05) is 59.5 Å². The molecule has 8 nitrogen and oxygen atoms in total. The first-order chi connectivity index (χ1) is 17.8. The average Bonchev–Trinajstić information content (AvgIpc) is 2.89. The van der Waals surface area contributed by atoms with Crippen LogP contribution in [0.2, 0.25) is 0 Å². The molecule has 212 valence electrons. The second-order valence-electron chi connectivity index (χ2n) is 7.60. The quantitative estimate of drug-likeness (QED) is 0.0567. The minimum Gasteiger partial charge on any atom is -0.463 e. The summed E-state index contributed by atoms with van der Waals surface area (Å²) in [5, 5.41) is 0. The lowest BCUT2D eigenvalue weighted by molar-refractivity contribution is -0.145. The van der Waals surface area contributed by atoms with E-state index < -0.39 is 47.2 Å². The van der Waals surface area contributed by atoms with Gasteiger partial charge in [-0.05, 0) is 6.42 Å². The third-order valence-electron chi connectivity index (χ3n) is 4.68. The van der Waals surface area contributed by atoms with E-state index in [9.17, 15) is 31.5 Å². The predicted octanol–water partition coefficient (Wildman–Crippen LogP) is 4.26. The van der Waals surface area contributed by atoms with Gasteiger partial charge in [-0.3, -0.25) is 9.59 Å². The van der Waals surface area contributed by atoms with E-state index in [2.05, 4.69) is 11.7 Å². The van der Waals surface area contributed by atoms with Crippen LogP contribution >= 0.6 is 0 Å². The van der Waals surface area contributed by atoms with Crippen molar-refractivity contribution in [3.63, 3.8) is 0 Å². The Morgan fingerprint density at radius 3 is 1.51 bits per heavy atom. The van der Waals surface area contributed by atoms with Crippen LogP contribution < -0.4 is 4.74 Å². The highest BCUT2D eigenvalue weighted by molar-refractivity contribution is 5.72. The Kier molecular flexibility index (Phi) is 17.4. The summed E-state index contributed by atoms with van der Waals surface area (Å²) in [6.07, 6.45) is 4.01. The highest BCUT2D eigenvalue weighted by Gasteiger charge is 2.28. The molecule has 0 unspecified atom stereocenters. The Bertz CT molecular complexity index is 796. The van der Waals surface area contributed by atoms with E-state index in [1.807, 2.05) is 0 Å². The highest BCUT2D eigenvalue weighted by Crippen LogP contribution is 2.29. The van der Waals surface area contributed by atoms with Crippen molar-refractivity contribution >= 4 is 11.9 Å². The van der Waals surface area contributed by atoms with Crippen LogP contribution in [-0.2, 0) is 33.3 Å². The van der Waals surface area contributed by atoms with E-state index in [1.165, 1.54) is 0 Å². The van der Waals surface area contributed by atoms with Crippen molar-refractivity contribution < 1.29 is 60.0 Å². The summed E-state index contributed by atoms with van der Waals surface area (Å²) in [5.74, 6) is -14.4. The van der Waals surface area contributed by atoms with Gasteiger partial charge < -0.3 is 28.4 Å². The Labute approximate surface area is 212 Å². The molecule has 0 spiro atoms. The van der Waals surface area contributed by atoms with Gasteiger partial charge in [-0.15, -0.1) is 0 Å². The molecule has 0 saturated carbocycles. The first-order valence-corrected chi connectivity index (χ1v) is 12.0. The van der Waals surface area contributed by atoms with Crippen LogP contribution in [0.3, 0.4) is 0 Å². The van der Waals surface area contributed by atoms with Gasteiger partial charge in [0.15, 0.2) is 0 Å². The Hall–Kier alpha value is -2.35. The summed E-state index contributed by atoms with van der Waals surface area (Å²) in [6.45, 7) is 3.83. The van der Waals surface area contributed by atoms with Gasteiger partial charge in [0.25, 0.3) is 0 Å². The van der Waals surface area contributed by atoms with Gasteiger partial charge in [-0.25, -0.2) is 13.2 Å². The fourth-order valence-corrected chi connectivity index (χ4v) is 2.74. The number of ether oxygens (including phenoxy) is 6. The number of rotatable bonds is 21. The number of esters is 2. The van der Waals surface area contributed by atoms with Crippen LogP contribution in [0, 0.1) is 29.1 Å². The number of halogens is 5. The van der Waals surface area contributed by atoms with Crippen LogP contribution in [0.5, 0.6) is 5.75 Å². The molecule has 0 fully saturated rings. The number of carbonyl (C=O) groups is 2. The Morgan fingerprint density at radius 2 is 1.00 bits per heavy atom. The highest BCUT2D eigenvalue weighted by atomic mass is 19.2. The van der Waals surface area contributed by atoms with E-state index in [0.29, 0.717) is 26.2 Å². The van der Waals surface area contributed by atoms with Crippen LogP contribution in [0.1, 0.15) is 45.4 Å². The van der Waals surface area contributed by atoms with E-state index in [4.69, 9.17) is 23.7 Å². The number of benzene rings is 1. The van der Waals surface area contributed by atoms with Crippen molar-refractivity contribution in [2.24, 2.45) is 0 Å². The maximum atomic E-state index is 13.5. The molecule has 0 aromatic heterocycles. The van der Waals surface area contributed by atoms with Crippen molar-refractivity contribution in [1.29, 1.82) is 0 Å². The molecule has 0 heterocycles. The van der Waals surface area contributed by atoms with Gasteiger partial charge in [0.2, 0.25) is 34.8 Å². The summed E-state index contributed by atoms with van der Waals surface area (Å²) >= 11 is 0. The molecule has 0 amide bonds. The molecule has 0 atom stereocenters. The number of unbranched alkanes of at least 4 members (excludes halogenated alkanes) is 3. The van der Waals surface area contributed by atoms with Crippen LogP contribution in [0.25, 0.3) is 0 Å². The van der Waals surface area contributed by atoms with E-state index in [0.717, 1.165) is 25.7 Å². The molecule has 0 aliphatic rings. The standard InChI is InChI=1S/C24H33F5O8/c1-2-3-4-5-6-17(30)36-16-15-35-14-13-34-12-11-33-10-9-32-8-7-18(31)37-24-22(28)20(26)19(25)21(27)23(24)29/h2-16H2,1H3. The van der Waals surface area contributed by atoms with E-state index in [-0.39, 0.29) is 45.6 Å². The zero-order valence-electron chi connectivity index (χ0n) is 20.8. The molecule has 13 heteroatoms. The van der Waals surface area contributed by atoms with Gasteiger partial charge in [-0.1, -0.05) is 26.2 Å². The van der Waals surface area contributed by atoms with Gasteiger partial charge in [0.05, 0.1) is 59.3 Å². The normalized spacial score (nSPS) is 11.1. The molecular weight excluding hydrogens is 511 g/mol. The number of hydrogen-bond donors (Lipinski definition) is 0. The second-order valence-corrected chi connectivity index (χ2v) is 7.60. The molecule has 0 aliphatic heterocycles. The minimum absolute atomic E-state index is 0.0796. The SMILES string of the molecule is CCCCCCC(=O)OCCOCCOCCOCCOCCC(=O)Oc1c(F)c(F)c(F)c(F)c1F. The summed E-state index contributed by atoms with van der Waals surface area (Å²) in [4.78, 5) is 23.0. The fourth-order valence-electron chi connectivity index (χ4n) is 2.74. The Morgan fingerprint density at radius 1 is 0.541 bits per heavy atom. The lowest BCUT2D eigenvalue weighted by Crippen LogP contribution is -2.16. The molecule has 0 bridgehead atoms. The topological polar surface area (TPSA) is 89.5 Å². The maximum absolute atomic E-state index is 13.5. The van der Waals surface area contributed by atoms with Gasteiger partial charge in [-0.2, -0.15) is 8.78 Å². The zero-order chi connectivity index (χ0) is 27.5. The lowest BCUT2D eigenvalue weighted by Gasteiger charge is -2.09. The third-order valence-corrected chi connectivity index (χ3v) is 4.68. The van der Waals surface area contributed by atoms with Crippen molar-refractivity contribution in [2.45, 2.75) is 45.4 Å². The molecule has 1 rings (SSSR count). The number of carbonyl (C=O) groups excluding carboxylic acids is 2. The van der Waals surface area contributed by atoms with Crippen LogP contribution in [-0.4, -0.2) is 71.4 Å². The number of hydrogen-bond acceptors (Lipinski definition) is 8. The van der Waals surface area contributed by atoms with Crippen molar-refractivity contribution in [1.82, 2.24) is 0 Å². The molecule has 0 N–H and O–H groups in total. The monoisotopic (exact) mass is 544 g/mol. The summed E-state index contributed by atoms with van der Waals surface area (Å²) < 4.78 is 96.3. The van der Waals surface area contributed by atoms with Crippen molar-refractivity contribution in [3.8, 4) is 5.75 Å². The summed E-state index contributed by atoms with van der Waals surface area (Å²) in [6, 6.07) is 0. The fraction of sp³-hybridized carbons (Fsp3) is 0.667. The van der Waals surface area contributed by atoms with Crippen molar-refractivity contribution in [3.05, 3.63) is 29.1 Å². The van der Waals surface area contributed by atoms with Gasteiger partial charge in [0.1, 0.15) is 6.61 Å². The Balaban J connectivity index is 1.94. The first kappa shape index (κ1) is 32.7. The molecule has 0 aliphatic carbocycles. The maximum Gasteiger partial charge on any atom is 0.313 e. The molecular formula is C24H33F5O8. The van der Waals surface area contributed by atoms with E-state index in [1.54, 1.807) is 0 Å². The van der Waals surface area contributed by atoms with Gasteiger partial charge in [0, 0.05) is 6.42 Å². The lowest BCUT2D eigenvalue weighted by atomic mass is 10.2. The molecule has 1 aromatic carbocycles. The average molecular weight is 545 g/mol. The zero-order valence-corrected chi connectivity index (χ0v) is 20.8. The van der Waals surface area contributed by atoms with E-state index >= 15 is 0 Å². The van der Waals surface area contributed by atoms with Gasteiger partial charge >= 0.3 is 11.9 Å². The largest absolute Gasteiger partial charge is 0.463 e. The summed E-state index contributed by atoms with van der Waals surface area (Å²) in [7, 11) is 0.